The molecule has 1 aliphatic heterocycles. The average molecular weight is 1290 g/mol. The van der Waals surface area contributed by atoms with E-state index in [1.54, 1.807) is 53.3 Å². The van der Waals surface area contributed by atoms with Crippen LogP contribution in [0.4, 0.5) is 0 Å². The highest BCUT2D eigenvalue weighted by Crippen LogP contribution is 2.27. The summed E-state index contributed by atoms with van der Waals surface area (Å²) in [5.74, 6) is -10.0. The van der Waals surface area contributed by atoms with Crippen LogP contribution >= 0.6 is 11.8 Å². The third kappa shape index (κ3) is 23.8. The highest BCUT2D eigenvalue weighted by molar-refractivity contribution is 7.98. The molecule has 0 unspecified atom stereocenters. The molecule has 11 amide bonds. The van der Waals surface area contributed by atoms with Crippen molar-refractivity contribution in [1.82, 2.24) is 55.6 Å². The minimum absolute atomic E-state index is 0.00393. The fraction of sp³-hybridized carbons (Fsp3) is 0.785. The largest absolute Gasteiger partial charge is 0.459 e. The first kappa shape index (κ1) is 81.7. The normalized spacial score (nSPS) is 26.0. The minimum atomic E-state index is -1.61. The summed E-state index contributed by atoms with van der Waals surface area (Å²) >= 11 is 1.58. The van der Waals surface area contributed by atoms with E-state index in [0.29, 0.717) is 12.2 Å². The standard InChI is InChI=1S/C65H115N11O13S/c1-26-46-61(84)70(18)35-51(78)71(19)47(31-36(2)3)58(81)69-52(40(10)11)64(87)72(20)48(32-37(4)5)57(80)66-43(15)56(79)67-44(16)60(83)73(21)49(33-38(6)7)62(85)74(22)50(34-39(8)9)63(86)75(23)53(41(12)13)65(88)76(24)54(59(82)68-46)55(89-45(17)77)42(14)29-27-28-30-90-25/h27-28,36-44,46-50,52-55H,26,29-35H2,1-25H3,(H,66,80)(H,67,79)(H,68,82)(H,69,81)/b28-27+/t42-,43+,44-,46+,47+,48+,49+,50+,52+,53+,54+,55-/m1/s1. The maximum Gasteiger partial charge on any atom is 0.303 e. The Morgan fingerprint density at radius 1 is 0.500 bits per heavy atom. The molecule has 1 fully saturated rings. The zero-order valence-corrected chi connectivity index (χ0v) is 59.9. The van der Waals surface area contributed by atoms with Gasteiger partial charge in [0.2, 0.25) is 65.0 Å². The first-order valence-corrected chi connectivity index (χ1v) is 33.4. The summed E-state index contributed by atoms with van der Waals surface area (Å²) in [7, 11) is 9.91. The van der Waals surface area contributed by atoms with Crippen LogP contribution < -0.4 is 21.3 Å². The van der Waals surface area contributed by atoms with Crippen LogP contribution in [0, 0.1) is 41.4 Å². The van der Waals surface area contributed by atoms with E-state index in [4.69, 9.17) is 4.74 Å². The summed E-state index contributed by atoms with van der Waals surface area (Å²) in [4.78, 5) is 183. The van der Waals surface area contributed by atoms with Crippen LogP contribution in [0.3, 0.4) is 0 Å². The van der Waals surface area contributed by atoms with Crippen LogP contribution in [0.25, 0.3) is 0 Å². The number of thioether (sulfide) groups is 1. The van der Waals surface area contributed by atoms with Crippen molar-refractivity contribution in [1.29, 1.82) is 0 Å². The van der Waals surface area contributed by atoms with Crippen molar-refractivity contribution in [2.45, 2.75) is 223 Å². The third-order valence-electron chi connectivity index (χ3n) is 16.5. The molecule has 0 spiro atoms. The summed E-state index contributed by atoms with van der Waals surface area (Å²) in [6.07, 6.45) is 5.28. The molecule has 25 heteroatoms. The summed E-state index contributed by atoms with van der Waals surface area (Å²) in [5, 5.41) is 11.0. The number of hydrogen-bond acceptors (Lipinski definition) is 14. The number of nitrogens with one attached hydrogen (secondary N) is 4. The van der Waals surface area contributed by atoms with Crippen LogP contribution in [0.5, 0.6) is 0 Å². The second kappa shape index (κ2) is 37.9. The number of likely N-dealkylation sites (N-methyl/N-ethyl adjacent to an activating group) is 7. The molecule has 1 saturated heterocycles. The van der Waals surface area contributed by atoms with Crippen LogP contribution in [-0.2, 0) is 62.3 Å². The molecule has 0 aromatic heterocycles. The van der Waals surface area contributed by atoms with E-state index in [1.165, 1.54) is 94.6 Å². The minimum Gasteiger partial charge on any atom is -0.459 e. The van der Waals surface area contributed by atoms with Crippen molar-refractivity contribution in [3.63, 3.8) is 0 Å². The summed E-state index contributed by atoms with van der Waals surface area (Å²) in [6.45, 7) is 28.7. The lowest BCUT2D eigenvalue weighted by molar-refractivity contribution is -0.164. The number of rotatable bonds is 18. The average Bonchev–Trinajstić information content (AvgIpc) is 0.831. The van der Waals surface area contributed by atoms with Gasteiger partial charge in [-0.25, -0.2) is 0 Å². The fourth-order valence-corrected chi connectivity index (χ4v) is 11.5. The van der Waals surface area contributed by atoms with Crippen LogP contribution in [0.15, 0.2) is 12.2 Å². The lowest BCUT2D eigenvalue weighted by atomic mass is 9.91. The predicted molar refractivity (Wildman–Crippen MR) is 351 cm³/mol. The number of amides is 11. The molecule has 90 heavy (non-hydrogen) atoms. The number of ether oxygens (including phenoxy) is 1. The van der Waals surface area contributed by atoms with E-state index >= 15 is 19.2 Å². The van der Waals surface area contributed by atoms with Crippen molar-refractivity contribution in [2.24, 2.45) is 41.4 Å². The Hall–Kier alpha value is -6.27. The van der Waals surface area contributed by atoms with Gasteiger partial charge in [0.05, 0.1) is 6.54 Å². The van der Waals surface area contributed by atoms with Crippen LogP contribution in [-0.4, -0.2) is 240 Å². The lowest BCUT2D eigenvalue weighted by Crippen LogP contribution is -2.64. The van der Waals surface area contributed by atoms with Crippen molar-refractivity contribution in [3.05, 3.63) is 12.2 Å². The second-order valence-corrected chi connectivity index (χ2v) is 27.9. The van der Waals surface area contributed by atoms with E-state index in [2.05, 4.69) is 21.3 Å². The number of carbonyl (C=O) groups excluding carboxylic acids is 12. The van der Waals surface area contributed by atoms with Crippen molar-refractivity contribution < 1.29 is 62.3 Å². The van der Waals surface area contributed by atoms with Gasteiger partial charge in [0, 0.05) is 62.0 Å². The molecule has 12 atom stereocenters. The van der Waals surface area contributed by atoms with Crippen molar-refractivity contribution in [2.75, 3.05) is 67.9 Å². The van der Waals surface area contributed by atoms with Gasteiger partial charge in [0.25, 0.3) is 0 Å². The predicted octanol–water partition coefficient (Wildman–Crippen LogP) is 4.18. The first-order valence-electron chi connectivity index (χ1n) is 32.0. The Kier molecular flexibility index (Phi) is 34.4. The molecule has 0 radical (unpaired) electrons. The monoisotopic (exact) mass is 1290 g/mol. The van der Waals surface area contributed by atoms with E-state index in [9.17, 15) is 38.4 Å². The second-order valence-electron chi connectivity index (χ2n) is 27.0. The number of carbonyl (C=O) groups is 12. The van der Waals surface area contributed by atoms with Crippen molar-refractivity contribution >= 4 is 82.7 Å². The van der Waals surface area contributed by atoms with Gasteiger partial charge < -0.3 is 60.3 Å². The summed E-state index contributed by atoms with van der Waals surface area (Å²) in [6, 6.07) is -12.5. The van der Waals surface area contributed by atoms with Gasteiger partial charge >= 0.3 is 5.97 Å². The first-order chi connectivity index (χ1) is 41.6. The molecule has 1 heterocycles. The molecule has 4 N–H and O–H groups in total. The Balaban J connectivity index is 4.46. The third-order valence-corrected chi connectivity index (χ3v) is 17.1. The molecule has 514 valence electrons. The molecule has 0 saturated carbocycles. The zero-order valence-electron chi connectivity index (χ0n) is 59.0. The maximum atomic E-state index is 15.5. The number of allylic oxidation sites excluding steroid dienone is 1. The van der Waals surface area contributed by atoms with E-state index in [-0.39, 0.29) is 55.8 Å². The van der Waals surface area contributed by atoms with Gasteiger partial charge in [-0.1, -0.05) is 109 Å². The molecule has 0 aromatic rings. The zero-order chi connectivity index (χ0) is 69.7. The highest BCUT2D eigenvalue weighted by Gasteiger charge is 2.47. The Morgan fingerprint density at radius 2 is 0.933 bits per heavy atom. The molecular formula is C65H115N11O13S. The maximum absolute atomic E-state index is 15.5. The topological polar surface area (TPSA) is 285 Å². The Labute approximate surface area is 542 Å². The number of esters is 1. The quantitative estimate of drug-likeness (QED) is 0.111. The van der Waals surface area contributed by atoms with Gasteiger partial charge in [0.15, 0.2) is 0 Å². The van der Waals surface area contributed by atoms with E-state index < -0.39 is 162 Å². The highest BCUT2D eigenvalue weighted by atomic mass is 32.2. The molecule has 1 aliphatic rings. The lowest BCUT2D eigenvalue weighted by Gasteiger charge is -2.42. The Morgan fingerprint density at radius 3 is 1.39 bits per heavy atom. The van der Waals surface area contributed by atoms with Gasteiger partial charge in [-0.05, 0) is 100 Å². The van der Waals surface area contributed by atoms with Crippen LogP contribution in [0.1, 0.15) is 156 Å². The summed E-state index contributed by atoms with van der Waals surface area (Å²) < 4.78 is 5.98. The molecular weight excluding hydrogens is 1170 g/mol. The SMILES string of the molecule is CC[C@@H]1NC(=O)[C@H]([C@H](OC(C)=O)[C@H](C)C/C=C/CSC)N(C)C(=O)[C@H](C(C)C)N(C)C(=O)[C@H](CC(C)C)N(C)C(=O)[C@H](CC(C)C)N(C)C(=O)[C@@H](C)NC(=O)[C@H](C)NC(=O)[C@H](CC(C)C)N(C)C(=O)[C@H](C(C)C)NC(=O)[C@H](CC(C)C)N(C)C(=O)CN(C)C1=O. The molecule has 24 nitrogen and oxygen atoms in total. The fourth-order valence-electron chi connectivity index (χ4n) is 11.2. The smallest absolute Gasteiger partial charge is 0.303 e. The van der Waals surface area contributed by atoms with Gasteiger partial charge in [-0.2, -0.15) is 11.8 Å². The molecule has 0 aliphatic carbocycles. The van der Waals surface area contributed by atoms with Crippen LogP contribution in [0.2, 0.25) is 0 Å². The molecule has 0 aromatic carbocycles. The van der Waals surface area contributed by atoms with Crippen molar-refractivity contribution in [3.8, 4) is 0 Å². The summed E-state index contributed by atoms with van der Waals surface area (Å²) in [5.41, 5.74) is 0. The van der Waals surface area contributed by atoms with Gasteiger partial charge in [-0.15, -0.1) is 0 Å². The van der Waals surface area contributed by atoms with Gasteiger partial charge in [0.1, 0.15) is 66.5 Å². The van der Waals surface area contributed by atoms with E-state index in [0.717, 1.165) is 9.80 Å². The number of hydrogen-bond donors (Lipinski definition) is 4. The Bertz CT molecular complexity index is 2490. The molecule has 1 rings (SSSR count). The van der Waals surface area contributed by atoms with Gasteiger partial charge in [-0.3, -0.25) is 57.5 Å². The van der Waals surface area contributed by atoms with E-state index in [1.807, 2.05) is 73.8 Å². The number of nitrogens with zero attached hydrogens (tertiary/aromatic N) is 7. The molecule has 0 bridgehead atoms.